The maximum Gasteiger partial charge on any atom is 0.227 e. The number of fused-ring (bicyclic) bond motifs is 1. The molecule has 1 saturated heterocycles. The van der Waals surface area contributed by atoms with E-state index in [4.69, 9.17) is 9.72 Å². The summed E-state index contributed by atoms with van der Waals surface area (Å²) in [4.78, 5) is 25.7. The predicted molar refractivity (Wildman–Crippen MR) is 104 cm³/mol. The largest absolute Gasteiger partial charge is 0.383 e. The van der Waals surface area contributed by atoms with Gasteiger partial charge in [-0.1, -0.05) is 30.3 Å². The fourth-order valence-corrected chi connectivity index (χ4v) is 4.15. The fourth-order valence-electron chi connectivity index (χ4n) is 4.15. The minimum absolute atomic E-state index is 0.105. The van der Waals surface area contributed by atoms with Gasteiger partial charge in [0.1, 0.15) is 5.82 Å². The number of carbonyl (C=O) groups excluding carboxylic acids is 1. The van der Waals surface area contributed by atoms with Crippen molar-refractivity contribution in [2.24, 2.45) is 5.92 Å². The molecule has 0 aliphatic carbocycles. The summed E-state index contributed by atoms with van der Waals surface area (Å²) in [7, 11) is 1.73. The molecule has 6 nitrogen and oxygen atoms in total. The number of methoxy groups -OCH3 is 1. The fraction of sp³-hybridized carbons (Fsp3) is 0.524. The zero-order valence-electron chi connectivity index (χ0n) is 16.0. The third-order valence-electron chi connectivity index (χ3n) is 5.66. The molecule has 1 atom stereocenters. The first-order valence-electron chi connectivity index (χ1n) is 9.88. The number of imidazole rings is 1. The van der Waals surface area contributed by atoms with Crippen LogP contribution in [0.25, 0.3) is 11.4 Å². The average molecular weight is 368 g/mol. The molecule has 27 heavy (non-hydrogen) atoms. The van der Waals surface area contributed by atoms with Crippen LogP contribution in [0.5, 0.6) is 0 Å². The Hall–Kier alpha value is -2.18. The van der Waals surface area contributed by atoms with E-state index in [9.17, 15) is 4.79 Å². The van der Waals surface area contributed by atoms with E-state index >= 15 is 0 Å². The molecule has 1 unspecified atom stereocenters. The second-order valence-electron chi connectivity index (χ2n) is 7.52. The Morgan fingerprint density at radius 3 is 2.96 bits per heavy atom. The Balaban J connectivity index is 1.42. The number of nitrogens with zero attached hydrogens (tertiary/aromatic N) is 3. The quantitative estimate of drug-likeness (QED) is 0.880. The van der Waals surface area contributed by atoms with Gasteiger partial charge in [-0.15, -0.1) is 0 Å². The number of hydrogen-bond acceptors (Lipinski definition) is 4. The zero-order chi connectivity index (χ0) is 18.6. The van der Waals surface area contributed by atoms with Crippen molar-refractivity contribution in [2.45, 2.75) is 25.8 Å². The van der Waals surface area contributed by atoms with Crippen LogP contribution in [0, 0.1) is 5.92 Å². The highest BCUT2D eigenvalue weighted by Crippen LogP contribution is 2.25. The van der Waals surface area contributed by atoms with E-state index in [1.165, 1.54) is 0 Å². The number of hydrogen-bond donors (Lipinski definition) is 1. The van der Waals surface area contributed by atoms with Crippen LogP contribution < -0.4 is 0 Å². The minimum Gasteiger partial charge on any atom is -0.383 e. The lowest BCUT2D eigenvalue weighted by Crippen LogP contribution is -2.46. The van der Waals surface area contributed by atoms with Gasteiger partial charge in [-0.2, -0.15) is 0 Å². The third-order valence-corrected chi connectivity index (χ3v) is 5.66. The number of amides is 1. The number of benzene rings is 1. The summed E-state index contributed by atoms with van der Waals surface area (Å²) < 4.78 is 5.19. The van der Waals surface area contributed by atoms with Gasteiger partial charge in [0.05, 0.1) is 30.5 Å². The second-order valence-corrected chi connectivity index (χ2v) is 7.52. The Kier molecular flexibility index (Phi) is 5.55. The van der Waals surface area contributed by atoms with Gasteiger partial charge < -0.3 is 19.5 Å². The van der Waals surface area contributed by atoms with Gasteiger partial charge in [0.2, 0.25) is 5.91 Å². The first kappa shape index (κ1) is 18.2. The number of nitrogens with one attached hydrogen (secondary N) is 1. The number of rotatable bonds is 5. The average Bonchev–Trinajstić information content (AvgIpc) is 3.16. The molecular weight excluding hydrogens is 340 g/mol. The van der Waals surface area contributed by atoms with Crippen LogP contribution in [0.1, 0.15) is 24.2 Å². The first-order valence-corrected chi connectivity index (χ1v) is 9.88. The van der Waals surface area contributed by atoms with E-state index in [1.807, 2.05) is 23.1 Å². The van der Waals surface area contributed by atoms with Crippen molar-refractivity contribution in [3.63, 3.8) is 0 Å². The minimum atomic E-state index is 0.105. The number of likely N-dealkylation sites (tertiary alicyclic amines) is 1. The Bertz CT molecular complexity index is 774. The van der Waals surface area contributed by atoms with Gasteiger partial charge in [-0.25, -0.2) is 4.98 Å². The van der Waals surface area contributed by atoms with Gasteiger partial charge in [-0.3, -0.25) is 4.79 Å². The Morgan fingerprint density at radius 1 is 1.30 bits per heavy atom. The molecule has 0 radical (unpaired) electrons. The zero-order valence-corrected chi connectivity index (χ0v) is 16.0. The summed E-state index contributed by atoms with van der Waals surface area (Å²) >= 11 is 0. The molecule has 1 aromatic carbocycles. The number of carbonyl (C=O) groups is 1. The van der Waals surface area contributed by atoms with Gasteiger partial charge in [0.25, 0.3) is 0 Å². The van der Waals surface area contributed by atoms with Gasteiger partial charge in [0.15, 0.2) is 0 Å². The van der Waals surface area contributed by atoms with Crippen LogP contribution >= 0.6 is 0 Å². The normalized spacial score (nSPS) is 20.5. The summed E-state index contributed by atoms with van der Waals surface area (Å²) in [5.41, 5.74) is 3.27. The number of H-pyrrole nitrogens is 1. The van der Waals surface area contributed by atoms with Crippen LogP contribution in [-0.2, 0) is 22.5 Å². The van der Waals surface area contributed by atoms with E-state index < -0.39 is 0 Å². The lowest BCUT2D eigenvalue weighted by atomic mass is 9.95. The van der Waals surface area contributed by atoms with Crippen molar-refractivity contribution in [3.8, 4) is 11.4 Å². The van der Waals surface area contributed by atoms with Gasteiger partial charge >= 0.3 is 0 Å². The molecule has 3 heterocycles. The molecule has 2 aromatic rings. The lowest BCUT2D eigenvalue weighted by Gasteiger charge is -2.35. The lowest BCUT2D eigenvalue weighted by molar-refractivity contribution is -0.138. The van der Waals surface area contributed by atoms with Gasteiger partial charge in [-0.05, 0) is 19.4 Å². The highest BCUT2D eigenvalue weighted by molar-refractivity contribution is 5.79. The number of piperidine rings is 1. The van der Waals surface area contributed by atoms with Gasteiger partial charge in [0, 0.05) is 38.7 Å². The van der Waals surface area contributed by atoms with E-state index in [2.05, 4.69) is 22.0 Å². The maximum absolute atomic E-state index is 13.1. The highest BCUT2D eigenvalue weighted by Gasteiger charge is 2.31. The molecule has 0 saturated carbocycles. The van der Waals surface area contributed by atoms with E-state index in [-0.39, 0.29) is 5.92 Å². The van der Waals surface area contributed by atoms with Crippen molar-refractivity contribution >= 4 is 5.91 Å². The Morgan fingerprint density at radius 2 is 2.15 bits per heavy atom. The van der Waals surface area contributed by atoms with Crippen LogP contribution in [0.4, 0.5) is 0 Å². The van der Waals surface area contributed by atoms with Crippen LogP contribution in [-0.4, -0.2) is 65.6 Å². The van der Waals surface area contributed by atoms with Crippen LogP contribution in [0.15, 0.2) is 30.3 Å². The Labute approximate surface area is 160 Å². The molecule has 144 valence electrons. The molecule has 6 heteroatoms. The SMILES string of the molecule is COCCN1CCCC(C(=O)N2CCc3nc(-c4ccccc4)[nH]c3C2)C1. The third kappa shape index (κ3) is 4.06. The molecule has 1 amide bonds. The van der Waals surface area contributed by atoms with E-state index in [0.717, 1.165) is 74.8 Å². The smallest absolute Gasteiger partial charge is 0.227 e. The molecule has 2 aliphatic heterocycles. The highest BCUT2D eigenvalue weighted by atomic mass is 16.5. The van der Waals surface area contributed by atoms with Crippen molar-refractivity contribution in [1.29, 1.82) is 0 Å². The van der Waals surface area contributed by atoms with E-state index in [1.54, 1.807) is 7.11 Å². The van der Waals surface area contributed by atoms with E-state index in [0.29, 0.717) is 12.5 Å². The number of aromatic amines is 1. The summed E-state index contributed by atoms with van der Waals surface area (Å²) in [6, 6.07) is 10.2. The van der Waals surface area contributed by atoms with Crippen molar-refractivity contribution in [1.82, 2.24) is 19.8 Å². The predicted octanol–water partition coefficient (Wildman–Crippen LogP) is 2.32. The van der Waals surface area contributed by atoms with Crippen molar-refractivity contribution in [2.75, 3.05) is 39.9 Å². The molecule has 4 rings (SSSR count). The van der Waals surface area contributed by atoms with Crippen molar-refractivity contribution in [3.05, 3.63) is 41.7 Å². The molecule has 1 aromatic heterocycles. The summed E-state index contributed by atoms with van der Waals surface area (Å²) in [5, 5.41) is 0. The molecule has 0 spiro atoms. The number of ether oxygens (including phenoxy) is 1. The van der Waals surface area contributed by atoms with Crippen molar-refractivity contribution < 1.29 is 9.53 Å². The molecule has 0 bridgehead atoms. The molecule has 2 aliphatic rings. The first-order chi connectivity index (χ1) is 13.2. The summed E-state index contributed by atoms with van der Waals surface area (Å²) in [6.07, 6.45) is 2.90. The second kappa shape index (κ2) is 8.23. The number of aromatic nitrogens is 2. The molecular formula is C21H28N4O2. The topological polar surface area (TPSA) is 61.5 Å². The standard InChI is InChI=1S/C21H28N4O2/c1-27-13-12-24-10-5-8-17(14-24)21(26)25-11-9-18-19(15-25)23-20(22-18)16-6-3-2-4-7-16/h2-4,6-7,17H,5,8-15H2,1H3,(H,22,23). The monoisotopic (exact) mass is 368 g/mol. The van der Waals surface area contributed by atoms with Crippen LogP contribution in [0.2, 0.25) is 0 Å². The summed E-state index contributed by atoms with van der Waals surface area (Å²) in [6.45, 7) is 4.96. The molecule has 1 N–H and O–H groups in total. The summed E-state index contributed by atoms with van der Waals surface area (Å²) in [5.74, 6) is 1.30. The maximum atomic E-state index is 13.1. The van der Waals surface area contributed by atoms with Crippen LogP contribution in [0.3, 0.4) is 0 Å². The molecule has 1 fully saturated rings.